The predicted octanol–water partition coefficient (Wildman–Crippen LogP) is 5.88. The van der Waals surface area contributed by atoms with E-state index in [9.17, 15) is 4.79 Å². The maximum atomic E-state index is 12.1. The zero-order valence-electron chi connectivity index (χ0n) is 21.4. The highest BCUT2D eigenvalue weighted by Crippen LogP contribution is 2.34. The molecule has 0 atom stereocenters. The fourth-order valence-electron chi connectivity index (χ4n) is 4.65. The number of fused-ring (bicyclic) bond motifs is 2. The van der Waals surface area contributed by atoms with Gasteiger partial charge in [-0.3, -0.25) is 9.78 Å². The molecule has 7 nitrogen and oxygen atoms in total. The quantitative estimate of drug-likeness (QED) is 0.250. The minimum Gasteiger partial charge on any atom is -0.384 e. The van der Waals surface area contributed by atoms with Crippen LogP contribution in [-0.2, 0) is 4.74 Å². The summed E-state index contributed by atoms with van der Waals surface area (Å²) in [6.07, 6.45) is 6.83. The third kappa shape index (κ3) is 5.04. The van der Waals surface area contributed by atoms with Crippen molar-refractivity contribution in [3.05, 3.63) is 84.3 Å². The van der Waals surface area contributed by atoms with Crippen molar-refractivity contribution in [2.24, 2.45) is 5.73 Å². The summed E-state index contributed by atoms with van der Waals surface area (Å²) in [5, 5.41) is 5.53. The van der Waals surface area contributed by atoms with Crippen LogP contribution in [0.15, 0.2) is 73.2 Å². The molecule has 0 spiro atoms. The summed E-state index contributed by atoms with van der Waals surface area (Å²) in [5.74, 6) is -0.467. The van der Waals surface area contributed by atoms with E-state index in [1.165, 1.54) is 0 Å². The van der Waals surface area contributed by atoms with Gasteiger partial charge in [-0.05, 0) is 74.7 Å². The maximum absolute atomic E-state index is 12.1. The molecule has 0 aliphatic carbocycles. The lowest BCUT2D eigenvalue weighted by Gasteiger charge is -2.14. The number of carbonyl (C=O) groups excluding carboxylic acids is 1. The van der Waals surface area contributed by atoms with E-state index in [1.807, 2.05) is 62.6 Å². The number of ether oxygens (including phenoxy) is 1. The van der Waals surface area contributed by atoms with Crippen LogP contribution in [0.25, 0.3) is 38.8 Å². The van der Waals surface area contributed by atoms with Gasteiger partial charge in [0.25, 0.3) is 5.91 Å². The Morgan fingerprint density at radius 2 is 1.95 bits per heavy atom. The highest BCUT2D eigenvalue weighted by molar-refractivity contribution is 6.00. The average molecular weight is 494 g/mol. The first kappa shape index (κ1) is 24.5. The van der Waals surface area contributed by atoms with Crippen LogP contribution in [0.5, 0.6) is 0 Å². The number of pyridine rings is 2. The molecule has 1 amide bonds. The lowest BCUT2D eigenvalue weighted by Crippen LogP contribution is -2.16. The predicted molar refractivity (Wildman–Crippen MR) is 149 cm³/mol. The number of para-hydroxylation sites is 1. The molecule has 0 radical (unpaired) electrons. The second-order valence-electron chi connectivity index (χ2n) is 9.45. The van der Waals surface area contributed by atoms with Crippen molar-refractivity contribution in [2.75, 3.05) is 18.5 Å². The highest BCUT2D eigenvalue weighted by atomic mass is 16.5. The van der Waals surface area contributed by atoms with Gasteiger partial charge in [0.05, 0.1) is 17.2 Å². The summed E-state index contributed by atoms with van der Waals surface area (Å²) >= 11 is 0. The van der Waals surface area contributed by atoms with Gasteiger partial charge in [0.15, 0.2) is 0 Å². The molecule has 37 heavy (non-hydrogen) atoms. The van der Waals surface area contributed by atoms with E-state index >= 15 is 0 Å². The summed E-state index contributed by atoms with van der Waals surface area (Å²) < 4.78 is 7.68. The summed E-state index contributed by atoms with van der Waals surface area (Å²) in [7, 11) is 0. The van der Waals surface area contributed by atoms with Gasteiger partial charge < -0.3 is 20.4 Å². The monoisotopic (exact) mass is 493 g/mol. The largest absolute Gasteiger partial charge is 0.384 e. The molecule has 2 aromatic carbocycles. The third-order valence-corrected chi connectivity index (χ3v) is 6.41. The second kappa shape index (κ2) is 10.4. The standard InChI is InChI=1S/C30H31N5O2/c1-19(2)37-14-6-12-32-27-16-23(9-10-25(27)29(31)36)35-18-20(3)28-24(11-13-33-30(28)35)22-15-21-7-4-5-8-26(21)34-17-22/h4-5,7-11,13,15-19,32H,6,12,14H2,1-3H3,(H2,31,36). The minimum atomic E-state index is -0.467. The van der Waals surface area contributed by atoms with Gasteiger partial charge in [-0.15, -0.1) is 0 Å². The zero-order valence-corrected chi connectivity index (χ0v) is 21.4. The number of rotatable bonds is 9. The summed E-state index contributed by atoms with van der Waals surface area (Å²) in [4.78, 5) is 21.5. The average Bonchev–Trinajstić information content (AvgIpc) is 3.24. The fourth-order valence-corrected chi connectivity index (χ4v) is 4.65. The van der Waals surface area contributed by atoms with E-state index in [4.69, 9.17) is 15.5 Å². The van der Waals surface area contributed by atoms with Crippen molar-refractivity contribution in [1.82, 2.24) is 14.5 Å². The Hall–Kier alpha value is -4.23. The Labute approximate surface area is 216 Å². The Kier molecular flexibility index (Phi) is 6.88. The zero-order chi connectivity index (χ0) is 25.9. The van der Waals surface area contributed by atoms with Crippen LogP contribution >= 0.6 is 0 Å². The molecular formula is C30H31N5O2. The van der Waals surface area contributed by atoms with E-state index in [0.717, 1.165) is 50.7 Å². The normalized spacial score (nSPS) is 11.5. The van der Waals surface area contributed by atoms with Crippen molar-refractivity contribution >= 4 is 33.5 Å². The van der Waals surface area contributed by atoms with Crippen LogP contribution < -0.4 is 11.1 Å². The third-order valence-electron chi connectivity index (χ3n) is 6.41. The summed E-state index contributed by atoms with van der Waals surface area (Å²) in [6, 6.07) is 17.9. The van der Waals surface area contributed by atoms with Crippen molar-refractivity contribution in [2.45, 2.75) is 33.3 Å². The lowest BCUT2D eigenvalue weighted by molar-refractivity contribution is 0.0787. The summed E-state index contributed by atoms with van der Waals surface area (Å²) in [6.45, 7) is 7.43. The van der Waals surface area contributed by atoms with Gasteiger partial charge in [0.1, 0.15) is 5.65 Å². The molecule has 0 bridgehead atoms. The Bertz CT molecular complexity index is 1590. The van der Waals surface area contributed by atoms with Crippen LogP contribution in [0, 0.1) is 6.92 Å². The number of hydrogen-bond donors (Lipinski definition) is 2. The van der Waals surface area contributed by atoms with Crippen LogP contribution in [0.2, 0.25) is 0 Å². The van der Waals surface area contributed by atoms with E-state index < -0.39 is 5.91 Å². The van der Waals surface area contributed by atoms with Crippen LogP contribution in [0.3, 0.4) is 0 Å². The Morgan fingerprint density at radius 3 is 2.76 bits per heavy atom. The molecule has 5 rings (SSSR count). The number of nitrogens with one attached hydrogen (secondary N) is 1. The van der Waals surface area contributed by atoms with E-state index in [0.29, 0.717) is 24.4 Å². The van der Waals surface area contributed by atoms with Crippen molar-refractivity contribution in [3.8, 4) is 16.8 Å². The van der Waals surface area contributed by atoms with Crippen molar-refractivity contribution < 1.29 is 9.53 Å². The summed E-state index contributed by atoms with van der Waals surface area (Å²) in [5.41, 5.74) is 12.7. The lowest BCUT2D eigenvalue weighted by atomic mass is 10.0. The first-order valence-corrected chi connectivity index (χ1v) is 12.5. The Balaban J connectivity index is 1.52. The first-order valence-electron chi connectivity index (χ1n) is 12.5. The topological polar surface area (TPSA) is 95.1 Å². The van der Waals surface area contributed by atoms with E-state index in [2.05, 4.69) is 40.1 Å². The van der Waals surface area contributed by atoms with Crippen LogP contribution in [0.1, 0.15) is 36.2 Å². The van der Waals surface area contributed by atoms with E-state index in [1.54, 1.807) is 6.07 Å². The SMILES string of the molecule is Cc1cn(-c2ccc(C(N)=O)c(NCCCOC(C)C)c2)c2nccc(-c3cnc4ccccc4c3)c12. The molecule has 0 saturated carbocycles. The first-order chi connectivity index (χ1) is 17.9. The van der Waals surface area contributed by atoms with Gasteiger partial charge in [-0.25, -0.2) is 4.98 Å². The number of primary amides is 1. The number of aromatic nitrogens is 3. The van der Waals surface area contributed by atoms with Gasteiger partial charge in [0, 0.05) is 59.5 Å². The number of aryl methyl sites for hydroxylation is 1. The molecule has 0 unspecified atom stereocenters. The van der Waals surface area contributed by atoms with Crippen LogP contribution in [0.4, 0.5) is 5.69 Å². The molecule has 5 aromatic rings. The van der Waals surface area contributed by atoms with Crippen molar-refractivity contribution in [3.63, 3.8) is 0 Å². The highest BCUT2D eigenvalue weighted by Gasteiger charge is 2.16. The van der Waals surface area contributed by atoms with Crippen molar-refractivity contribution in [1.29, 1.82) is 0 Å². The number of nitrogens with two attached hydrogens (primary N) is 1. The number of amides is 1. The molecule has 3 N–H and O–H groups in total. The van der Waals surface area contributed by atoms with Gasteiger partial charge >= 0.3 is 0 Å². The van der Waals surface area contributed by atoms with Gasteiger partial charge in [-0.1, -0.05) is 18.2 Å². The molecule has 0 aliphatic heterocycles. The van der Waals surface area contributed by atoms with Gasteiger partial charge in [-0.2, -0.15) is 0 Å². The molecule has 188 valence electrons. The number of benzene rings is 2. The number of nitrogens with zero attached hydrogens (tertiary/aromatic N) is 3. The minimum absolute atomic E-state index is 0.192. The van der Waals surface area contributed by atoms with E-state index in [-0.39, 0.29) is 6.10 Å². The van der Waals surface area contributed by atoms with Crippen LogP contribution in [-0.4, -0.2) is 39.7 Å². The number of hydrogen-bond acceptors (Lipinski definition) is 5. The maximum Gasteiger partial charge on any atom is 0.250 e. The second-order valence-corrected chi connectivity index (χ2v) is 9.45. The molecule has 0 aliphatic rings. The number of anilines is 1. The fraction of sp³-hybridized carbons (Fsp3) is 0.233. The molecule has 0 saturated heterocycles. The molecular weight excluding hydrogens is 462 g/mol. The number of carbonyl (C=O) groups is 1. The molecule has 3 aromatic heterocycles. The Morgan fingerprint density at radius 1 is 1.11 bits per heavy atom. The smallest absolute Gasteiger partial charge is 0.250 e. The molecule has 0 fully saturated rings. The molecule has 3 heterocycles. The molecule has 7 heteroatoms. The van der Waals surface area contributed by atoms with Gasteiger partial charge in [0.2, 0.25) is 0 Å².